The highest BCUT2D eigenvalue weighted by Gasteiger charge is 2.44. The molecule has 4 heterocycles. The fourth-order valence-corrected chi connectivity index (χ4v) is 3.63. The highest BCUT2D eigenvalue weighted by Crippen LogP contribution is 2.32. The third-order valence-corrected chi connectivity index (χ3v) is 4.76. The minimum absolute atomic E-state index is 0.125. The number of fused-ring (bicyclic) bond motifs is 1. The van der Waals surface area contributed by atoms with Crippen LogP contribution < -0.4 is 0 Å². The van der Waals surface area contributed by atoms with Gasteiger partial charge in [-0.1, -0.05) is 0 Å². The van der Waals surface area contributed by atoms with E-state index >= 15 is 0 Å². The quantitative estimate of drug-likeness (QED) is 0.849. The van der Waals surface area contributed by atoms with Gasteiger partial charge in [-0.25, -0.2) is 0 Å². The van der Waals surface area contributed by atoms with E-state index in [9.17, 15) is 0 Å². The molecule has 2 aromatic heterocycles. The zero-order valence-electron chi connectivity index (χ0n) is 13.1. The van der Waals surface area contributed by atoms with Crippen molar-refractivity contribution in [2.24, 2.45) is 0 Å². The standard InChI is InChI=1S/C18H22N2O3/c1-2-16-18(22-8-1)17(23-13-14-3-6-19-7-4-14)11-20(16)10-15-5-9-21-12-15/h3-7,9,12,16-18H,1-2,8,10-11,13H2/t16-,17-,18+/m1/s1. The van der Waals surface area contributed by atoms with Crippen molar-refractivity contribution in [1.82, 2.24) is 9.88 Å². The summed E-state index contributed by atoms with van der Waals surface area (Å²) in [4.78, 5) is 6.53. The second-order valence-corrected chi connectivity index (χ2v) is 6.31. The van der Waals surface area contributed by atoms with Crippen molar-refractivity contribution in [2.45, 2.75) is 44.2 Å². The van der Waals surface area contributed by atoms with Crippen LogP contribution in [0.25, 0.3) is 0 Å². The zero-order valence-corrected chi connectivity index (χ0v) is 13.1. The number of likely N-dealkylation sites (tertiary alicyclic amines) is 1. The van der Waals surface area contributed by atoms with E-state index in [2.05, 4.69) is 9.88 Å². The van der Waals surface area contributed by atoms with Crippen LogP contribution in [0.4, 0.5) is 0 Å². The molecule has 0 unspecified atom stereocenters. The predicted molar refractivity (Wildman–Crippen MR) is 84.7 cm³/mol. The SMILES string of the molecule is c1cc(CO[C@@H]2CN(Cc3ccoc3)[C@@H]3CCCO[C@@H]32)ccn1. The number of aromatic nitrogens is 1. The molecular weight excluding hydrogens is 292 g/mol. The summed E-state index contributed by atoms with van der Waals surface area (Å²) in [5.41, 5.74) is 2.37. The largest absolute Gasteiger partial charge is 0.472 e. The number of furan rings is 1. The van der Waals surface area contributed by atoms with Crippen molar-refractivity contribution >= 4 is 0 Å². The van der Waals surface area contributed by atoms with Crippen LogP contribution in [0.5, 0.6) is 0 Å². The van der Waals surface area contributed by atoms with Gasteiger partial charge in [-0.05, 0) is 36.6 Å². The molecule has 5 nitrogen and oxygen atoms in total. The summed E-state index contributed by atoms with van der Waals surface area (Å²) in [6.07, 6.45) is 9.77. The van der Waals surface area contributed by atoms with Crippen LogP contribution in [0, 0.1) is 0 Å². The molecule has 0 amide bonds. The number of ether oxygens (including phenoxy) is 2. The number of nitrogens with zero attached hydrogens (tertiary/aromatic N) is 2. The maximum absolute atomic E-state index is 6.19. The molecule has 2 aromatic rings. The lowest BCUT2D eigenvalue weighted by atomic mass is 10.0. The minimum atomic E-state index is 0.125. The average molecular weight is 314 g/mol. The van der Waals surface area contributed by atoms with E-state index in [-0.39, 0.29) is 12.2 Å². The molecule has 0 aliphatic carbocycles. The normalized spacial score (nSPS) is 27.9. The smallest absolute Gasteiger partial charge is 0.100 e. The molecule has 0 aromatic carbocycles. The third-order valence-electron chi connectivity index (χ3n) is 4.76. The fraction of sp³-hybridized carbons (Fsp3) is 0.500. The molecule has 0 saturated carbocycles. The van der Waals surface area contributed by atoms with Crippen molar-refractivity contribution in [3.63, 3.8) is 0 Å². The van der Waals surface area contributed by atoms with Gasteiger partial charge in [0.25, 0.3) is 0 Å². The Bertz CT molecular complexity index is 602. The van der Waals surface area contributed by atoms with Gasteiger partial charge in [0.05, 0.1) is 25.2 Å². The summed E-state index contributed by atoms with van der Waals surface area (Å²) in [5.74, 6) is 0. The first-order chi connectivity index (χ1) is 11.4. The van der Waals surface area contributed by atoms with Crippen LogP contribution in [-0.2, 0) is 22.6 Å². The Hall–Kier alpha value is -1.69. The van der Waals surface area contributed by atoms with Crippen molar-refractivity contribution in [2.75, 3.05) is 13.2 Å². The number of hydrogen-bond donors (Lipinski definition) is 0. The molecule has 2 saturated heterocycles. The van der Waals surface area contributed by atoms with E-state index in [1.807, 2.05) is 24.5 Å². The molecule has 4 rings (SSSR count). The van der Waals surface area contributed by atoms with Crippen LogP contribution in [0.15, 0.2) is 47.5 Å². The van der Waals surface area contributed by atoms with Crippen LogP contribution in [0.3, 0.4) is 0 Å². The Labute approximate surface area is 136 Å². The van der Waals surface area contributed by atoms with Gasteiger partial charge in [0.15, 0.2) is 0 Å². The van der Waals surface area contributed by atoms with Gasteiger partial charge in [0.1, 0.15) is 6.10 Å². The van der Waals surface area contributed by atoms with Crippen molar-refractivity contribution < 1.29 is 13.9 Å². The van der Waals surface area contributed by atoms with E-state index in [1.165, 1.54) is 12.0 Å². The molecule has 2 aliphatic rings. The molecular formula is C18H22N2O3. The Morgan fingerprint density at radius 3 is 2.96 bits per heavy atom. The first-order valence-electron chi connectivity index (χ1n) is 8.27. The van der Waals surface area contributed by atoms with Gasteiger partial charge in [0.2, 0.25) is 0 Å². The molecule has 0 radical (unpaired) electrons. The maximum atomic E-state index is 6.19. The van der Waals surface area contributed by atoms with Gasteiger partial charge >= 0.3 is 0 Å². The van der Waals surface area contributed by atoms with E-state index in [0.29, 0.717) is 12.6 Å². The molecule has 2 fully saturated rings. The second-order valence-electron chi connectivity index (χ2n) is 6.31. The van der Waals surface area contributed by atoms with Crippen LogP contribution in [-0.4, -0.2) is 41.3 Å². The maximum Gasteiger partial charge on any atom is 0.100 e. The summed E-state index contributed by atoms with van der Waals surface area (Å²) in [7, 11) is 0. The lowest BCUT2D eigenvalue weighted by Crippen LogP contribution is -2.41. The molecule has 122 valence electrons. The van der Waals surface area contributed by atoms with Gasteiger partial charge in [-0.3, -0.25) is 9.88 Å². The van der Waals surface area contributed by atoms with Crippen molar-refractivity contribution in [1.29, 1.82) is 0 Å². The van der Waals surface area contributed by atoms with Crippen LogP contribution >= 0.6 is 0 Å². The Balaban J connectivity index is 1.42. The summed E-state index contributed by atoms with van der Waals surface area (Å²) in [5, 5.41) is 0. The number of pyridine rings is 1. The number of rotatable bonds is 5. The lowest BCUT2D eigenvalue weighted by Gasteiger charge is -2.32. The highest BCUT2D eigenvalue weighted by molar-refractivity contribution is 5.10. The van der Waals surface area contributed by atoms with E-state index < -0.39 is 0 Å². The minimum Gasteiger partial charge on any atom is -0.472 e. The average Bonchev–Trinajstić information content (AvgIpc) is 3.23. The van der Waals surface area contributed by atoms with E-state index in [4.69, 9.17) is 13.9 Å². The van der Waals surface area contributed by atoms with Crippen LogP contribution in [0.1, 0.15) is 24.0 Å². The molecule has 0 spiro atoms. The van der Waals surface area contributed by atoms with Crippen molar-refractivity contribution in [3.05, 3.63) is 54.2 Å². The molecule has 5 heteroatoms. The molecule has 0 N–H and O–H groups in total. The van der Waals surface area contributed by atoms with E-state index in [1.54, 1.807) is 18.7 Å². The first kappa shape index (κ1) is 14.9. The van der Waals surface area contributed by atoms with Gasteiger partial charge in [0, 0.05) is 43.7 Å². The summed E-state index contributed by atoms with van der Waals surface area (Å²) < 4.78 is 17.4. The van der Waals surface area contributed by atoms with Gasteiger partial charge in [-0.15, -0.1) is 0 Å². The Morgan fingerprint density at radius 1 is 1.22 bits per heavy atom. The summed E-state index contributed by atoms with van der Waals surface area (Å²) in [6.45, 7) is 3.26. The van der Waals surface area contributed by atoms with Crippen LogP contribution in [0.2, 0.25) is 0 Å². The zero-order chi connectivity index (χ0) is 15.5. The summed E-state index contributed by atoms with van der Waals surface area (Å²) in [6, 6.07) is 6.47. The molecule has 2 aliphatic heterocycles. The Morgan fingerprint density at radius 2 is 2.13 bits per heavy atom. The summed E-state index contributed by atoms with van der Waals surface area (Å²) >= 11 is 0. The monoisotopic (exact) mass is 314 g/mol. The topological polar surface area (TPSA) is 47.7 Å². The number of hydrogen-bond acceptors (Lipinski definition) is 5. The first-order valence-corrected chi connectivity index (χ1v) is 8.27. The van der Waals surface area contributed by atoms with E-state index in [0.717, 1.165) is 31.7 Å². The third kappa shape index (κ3) is 3.32. The molecule has 23 heavy (non-hydrogen) atoms. The predicted octanol–water partition coefficient (Wildman–Crippen LogP) is 2.62. The highest BCUT2D eigenvalue weighted by atomic mass is 16.5. The van der Waals surface area contributed by atoms with Gasteiger partial charge < -0.3 is 13.9 Å². The lowest BCUT2D eigenvalue weighted by molar-refractivity contribution is -0.0819. The van der Waals surface area contributed by atoms with Crippen molar-refractivity contribution in [3.8, 4) is 0 Å². The molecule has 0 bridgehead atoms. The fourth-order valence-electron chi connectivity index (χ4n) is 3.63. The second kappa shape index (κ2) is 6.83. The van der Waals surface area contributed by atoms with Gasteiger partial charge in [-0.2, -0.15) is 0 Å². The Kier molecular flexibility index (Phi) is 4.41. The molecule has 3 atom stereocenters.